The van der Waals surface area contributed by atoms with Gasteiger partial charge in [0.2, 0.25) is 17.7 Å². The molecule has 1 atom stereocenters. The molecule has 2 aromatic heterocycles. The number of carbonyl (C=O) groups is 4. The van der Waals surface area contributed by atoms with Crippen LogP contribution in [0.3, 0.4) is 0 Å². The Balaban J connectivity index is 1.42. The number of nitrogens with zero attached hydrogens (tertiary/aromatic N) is 3. The van der Waals surface area contributed by atoms with Gasteiger partial charge in [-0.3, -0.25) is 29.1 Å². The average molecular weight is 555 g/mol. The van der Waals surface area contributed by atoms with Gasteiger partial charge in [-0.15, -0.1) is 11.3 Å². The van der Waals surface area contributed by atoms with E-state index in [1.165, 1.54) is 15.9 Å². The minimum Gasteiger partial charge on any atom is -0.444 e. The molecule has 1 saturated heterocycles. The van der Waals surface area contributed by atoms with E-state index < -0.39 is 29.2 Å². The van der Waals surface area contributed by atoms with E-state index in [-0.39, 0.29) is 36.5 Å². The number of benzene rings is 1. The molecule has 0 saturated carbocycles. The van der Waals surface area contributed by atoms with Crippen LogP contribution in [-0.2, 0) is 32.0 Å². The number of amides is 4. The van der Waals surface area contributed by atoms with Crippen molar-refractivity contribution in [2.45, 2.75) is 65.0 Å². The lowest BCUT2D eigenvalue weighted by Crippen LogP contribution is -2.45. The van der Waals surface area contributed by atoms with Crippen molar-refractivity contribution >= 4 is 51.7 Å². The highest BCUT2D eigenvalue weighted by Gasteiger charge is 2.30. The largest absolute Gasteiger partial charge is 0.444 e. The third-order valence-corrected chi connectivity index (χ3v) is 6.81. The molecule has 3 aromatic rings. The molecule has 3 heterocycles. The fourth-order valence-corrected chi connectivity index (χ4v) is 5.01. The number of piperidine rings is 1. The molecule has 206 valence electrons. The molecule has 0 spiro atoms. The molecular weight excluding hydrogens is 524 g/mol. The number of carbonyl (C=O) groups excluding carboxylic acids is 4. The van der Waals surface area contributed by atoms with Crippen molar-refractivity contribution in [1.29, 1.82) is 0 Å². The van der Waals surface area contributed by atoms with Gasteiger partial charge in [0.25, 0.3) is 5.56 Å². The van der Waals surface area contributed by atoms with Gasteiger partial charge in [0.15, 0.2) is 0 Å². The summed E-state index contributed by atoms with van der Waals surface area (Å²) in [6.45, 7) is 7.33. The lowest BCUT2D eigenvalue weighted by atomic mass is 10.1. The first-order chi connectivity index (χ1) is 18.4. The van der Waals surface area contributed by atoms with E-state index in [0.29, 0.717) is 35.7 Å². The molecule has 1 aliphatic heterocycles. The standard InChI is InChI=1S/C26H30N6O6S/c1-14-28-22-16(24(36)32(14)18-8-9-19(33)31-23(18)35)6-5-7-17(22)30-20(34)12-15-13-39-21(29-15)10-11-27-25(37)38-26(2,3)4/h5-7,13,18H,8-12H2,1-4H3,(H,27,37)(H,30,34)(H,31,33,35). The minimum atomic E-state index is -0.830. The third-order valence-electron chi connectivity index (χ3n) is 5.85. The lowest BCUT2D eigenvalue weighted by Gasteiger charge is -2.24. The van der Waals surface area contributed by atoms with Crippen LogP contribution in [0.2, 0.25) is 0 Å². The van der Waals surface area contributed by atoms with E-state index in [1.54, 1.807) is 51.3 Å². The SMILES string of the molecule is Cc1nc2c(NC(=O)Cc3csc(CCNC(=O)OC(C)(C)C)n3)cccc2c(=O)n1C1CCC(=O)NC1=O. The second-order valence-electron chi connectivity index (χ2n) is 10.1. The van der Waals surface area contributed by atoms with Gasteiger partial charge in [-0.05, 0) is 46.2 Å². The molecule has 1 aromatic carbocycles. The molecule has 0 bridgehead atoms. The van der Waals surface area contributed by atoms with Gasteiger partial charge in [-0.2, -0.15) is 0 Å². The van der Waals surface area contributed by atoms with Crippen molar-refractivity contribution in [2.24, 2.45) is 0 Å². The van der Waals surface area contributed by atoms with Gasteiger partial charge >= 0.3 is 6.09 Å². The molecule has 13 heteroatoms. The normalized spacial score (nSPS) is 15.6. The smallest absolute Gasteiger partial charge is 0.407 e. The van der Waals surface area contributed by atoms with Crippen molar-refractivity contribution in [1.82, 2.24) is 25.2 Å². The molecule has 1 aliphatic rings. The zero-order valence-electron chi connectivity index (χ0n) is 22.1. The zero-order chi connectivity index (χ0) is 28.3. The molecule has 4 rings (SSSR count). The summed E-state index contributed by atoms with van der Waals surface area (Å²) in [4.78, 5) is 70.8. The Kier molecular flexibility index (Phi) is 8.09. The fourth-order valence-electron chi connectivity index (χ4n) is 4.21. The highest BCUT2D eigenvalue weighted by atomic mass is 32.1. The van der Waals surface area contributed by atoms with Crippen LogP contribution in [0.5, 0.6) is 0 Å². The number of nitrogens with one attached hydrogen (secondary N) is 3. The summed E-state index contributed by atoms with van der Waals surface area (Å²) in [6.07, 6.45) is 0.355. The van der Waals surface area contributed by atoms with Crippen LogP contribution in [0.15, 0.2) is 28.4 Å². The number of hydrogen-bond acceptors (Lipinski definition) is 9. The van der Waals surface area contributed by atoms with E-state index in [4.69, 9.17) is 4.74 Å². The Morgan fingerprint density at radius 2 is 1.97 bits per heavy atom. The van der Waals surface area contributed by atoms with Gasteiger partial charge in [0, 0.05) is 24.8 Å². The Bertz CT molecular complexity index is 1500. The summed E-state index contributed by atoms with van der Waals surface area (Å²) in [6, 6.07) is 4.03. The second-order valence-corrected chi connectivity index (χ2v) is 11.1. The average Bonchev–Trinajstić information content (AvgIpc) is 3.26. The topological polar surface area (TPSA) is 161 Å². The molecule has 0 radical (unpaired) electrons. The molecule has 1 unspecified atom stereocenters. The van der Waals surface area contributed by atoms with E-state index in [9.17, 15) is 24.0 Å². The molecule has 3 N–H and O–H groups in total. The van der Waals surface area contributed by atoms with Crippen LogP contribution in [0.4, 0.5) is 10.5 Å². The monoisotopic (exact) mass is 554 g/mol. The van der Waals surface area contributed by atoms with Crippen LogP contribution in [0.25, 0.3) is 10.9 Å². The van der Waals surface area contributed by atoms with Crippen molar-refractivity contribution in [2.75, 3.05) is 11.9 Å². The summed E-state index contributed by atoms with van der Waals surface area (Å²) in [5.74, 6) is -0.941. The highest BCUT2D eigenvalue weighted by molar-refractivity contribution is 7.09. The van der Waals surface area contributed by atoms with E-state index in [2.05, 4.69) is 25.9 Å². The number of fused-ring (bicyclic) bond motifs is 1. The number of ether oxygens (including phenoxy) is 1. The van der Waals surface area contributed by atoms with Crippen LogP contribution >= 0.6 is 11.3 Å². The first kappa shape index (κ1) is 27.9. The summed E-state index contributed by atoms with van der Waals surface area (Å²) >= 11 is 1.39. The van der Waals surface area contributed by atoms with Gasteiger partial charge in [0.1, 0.15) is 23.0 Å². The van der Waals surface area contributed by atoms with Gasteiger partial charge in [-0.1, -0.05) is 6.07 Å². The van der Waals surface area contributed by atoms with Crippen LogP contribution in [-0.4, -0.2) is 50.5 Å². The van der Waals surface area contributed by atoms with Gasteiger partial charge in [0.05, 0.1) is 28.2 Å². The predicted molar refractivity (Wildman–Crippen MR) is 145 cm³/mol. The molecule has 12 nitrogen and oxygen atoms in total. The number of rotatable bonds is 7. The first-order valence-corrected chi connectivity index (χ1v) is 13.3. The molecule has 39 heavy (non-hydrogen) atoms. The van der Waals surface area contributed by atoms with E-state index in [0.717, 1.165) is 5.01 Å². The van der Waals surface area contributed by atoms with Gasteiger partial charge < -0.3 is 15.4 Å². The number of aryl methyl sites for hydroxylation is 1. The predicted octanol–water partition coefficient (Wildman–Crippen LogP) is 2.39. The lowest BCUT2D eigenvalue weighted by molar-refractivity contribution is -0.135. The first-order valence-electron chi connectivity index (χ1n) is 12.5. The van der Waals surface area contributed by atoms with Gasteiger partial charge in [-0.25, -0.2) is 14.8 Å². The summed E-state index contributed by atoms with van der Waals surface area (Å²) in [7, 11) is 0. The van der Waals surface area contributed by atoms with Crippen LogP contribution in [0, 0.1) is 6.92 Å². The fraction of sp³-hybridized carbons (Fsp3) is 0.423. The third kappa shape index (κ3) is 6.85. The number of anilines is 1. The number of alkyl carbamates (subject to hydrolysis) is 1. The summed E-state index contributed by atoms with van der Waals surface area (Å²) in [5.41, 5.74) is 0.254. The van der Waals surface area contributed by atoms with Crippen molar-refractivity contribution in [3.8, 4) is 0 Å². The Labute approximate surface area is 228 Å². The maximum absolute atomic E-state index is 13.3. The molecular formula is C26H30N6O6S. The highest BCUT2D eigenvalue weighted by Crippen LogP contribution is 2.24. The quantitative estimate of drug-likeness (QED) is 0.375. The summed E-state index contributed by atoms with van der Waals surface area (Å²) in [5, 5.41) is 10.6. The number of para-hydroxylation sites is 1. The molecule has 0 aliphatic carbocycles. The van der Waals surface area contributed by atoms with Crippen molar-refractivity contribution in [3.63, 3.8) is 0 Å². The number of hydrogen-bond donors (Lipinski definition) is 3. The maximum atomic E-state index is 13.3. The Morgan fingerprint density at radius 1 is 1.21 bits per heavy atom. The number of thiazole rings is 1. The Hall–Kier alpha value is -4.13. The van der Waals surface area contributed by atoms with Crippen molar-refractivity contribution in [3.05, 3.63) is 50.5 Å². The Morgan fingerprint density at radius 3 is 2.69 bits per heavy atom. The number of imide groups is 1. The molecule has 1 fully saturated rings. The maximum Gasteiger partial charge on any atom is 0.407 e. The minimum absolute atomic E-state index is 0.0126. The van der Waals surface area contributed by atoms with Crippen LogP contribution < -0.4 is 21.5 Å². The second kappa shape index (κ2) is 11.3. The van der Waals surface area contributed by atoms with Crippen LogP contribution in [0.1, 0.15) is 56.2 Å². The van der Waals surface area contributed by atoms with E-state index in [1.807, 2.05) is 0 Å². The number of aromatic nitrogens is 3. The van der Waals surface area contributed by atoms with Crippen molar-refractivity contribution < 1.29 is 23.9 Å². The molecule has 4 amide bonds. The zero-order valence-corrected chi connectivity index (χ0v) is 22.9. The summed E-state index contributed by atoms with van der Waals surface area (Å²) < 4.78 is 6.50. The van der Waals surface area contributed by atoms with E-state index >= 15 is 0 Å².